The van der Waals surface area contributed by atoms with E-state index >= 15 is 0 Å². The van der Waals surface area contributed by atoms with E-state index in [0.717, 1.165) is 4.47 Å². The van der Waals surface area contributed by atoms with Gasteiger partial charge in [-0.15, -0.1) is 0 Å². The standard InChI is InChI=1S/C16H26BrN3O3Si/c1-16(2,3)24(4,5)23-10-14(19-20-18)15(21)11-22-13-8-6-12(17)7-9-13/h6-9,14-15,21H,10-11H2,1-5H3/t14-,15+/m0/s1. The zero-order chi connectivity index (χ0) is 18.4. The van der Waals surface area contributed by atoms with Gasteiger partial charge in [0.1, 0.15) is 12.4 Å². The second-order valence-corrected chi connectivity index (χ2v) is 12.9. The largest absolute Gasteiger partial charge is 0.491 e. The molecule has 0 aliphatic rings. The van der Waals surface area contributed by atoms with Crippen molar-refractivity contribution in [1.29, 1.82) is 0 Å². The quantitative estimate of drug-likeness (QED) is 0.283. The number of hydrogen-bond donors (Lipinski definition) is 1. The summed E-state index contributed by atoms with van der Waals surface area (Å²) >= 11 is 3.35. The molecule has 0 aliphatic carbocycles. The molecule has 0 amide bonds. The maximum atomic E-state index is 10.3. The molecule has 1 rings (SSSR count). The Morgan fingerprint density at radius 2 is 1.83 bits per heavy atom. The molecule has 6 nitrogen and oxygen atoms in total. The van der Waals surface area contributed by atoms with Crippen molar-refractivity contribution < 1.29 is 14.3 Å². The van der Waals surface area contributed by atoms with Gasteiger partial charge in [-0.2, -0.15) is 0 Å². The van der Waals surface area contributed by atoms with Crippen LogP contribution >= 0.6 is 15.9 Å². The van der Waals surface area contributed by atoms with Crippen LogP contribution in [0, 0.1) is 0 Å². The topological polar surface area (TPSA) is 87.5 Å². The molecule has 0 saturated carbocycles. The van der Waals surface area contributed by atoms with E-state index in [2.05, 4.69) is 59.8 Å². The first kappa shape index (κ1) is 21.0. The van der Waals surface area contributed by atoms with Gasteiger partial charge in [0.15, 0.2) is 8.32 Å². The third-order valence-corrected chi connectivity index (χ3v) is 9.33. The number of ether oxygens (including phenoxy) is 1. The number of azide groups is 1. The summed E-state index contributed by atoms with van der Waals surface area (Å²) in [6.07, 6.45) is -0.936. The van der Waals surface area contributed by atoms with Gasteiger partial charge in [0.05, 0.1) is 12.1 Å². The van der Waals surface area contributed by atoms with E-state index < -0.39 is 20.5 Å². The predicted molar refractivity (Wildman–Crippen MR) is 102 cm³/mol. The van der Waals surface area contributed by atoms with Crippen molar-refractivity contribution in [2.45, 2.75) is 51.0 Å². The molecular weight excluding hydrogens is 390 g/mol. The average molecular weight is 416 g/mol. The number of aliphatic hydroxyl groups is 1. The molecule has 8 heteroatoms. The minimum Gasteiger partial charge on any atom is -0.491 e. The van der Waals surface area contributed by atoms with Crippen molar-refractivity contribution in [3.05, 3.63) is 39.2 Å². The third kappa shape index (κ3) is 6.45. The van der Waals surface area contributed by atoms with Gasteiger partial charge in [-0.05, 0) is 47.9 Å². The molecule has 0 bridgehead atoms. The highest BCUT2D eigenvalue weighted by Gasteiger charge is 2.38. The second kappa shape index (κ2) is 8.87. The lowest BCUT2D eigenvalue weighted by molar-refractivity contribution is 0.0660. The Bertz CT molecular complexity index is 569. The molecule has 1 N–H and O–H groups in total. The van der Waals surface area contributed by atoms with Crippen molar-refractivity contribution in [2.24, 2.45) is 5.11 Å². The molecule has 1 aromatic carbocycles. The minimum atomic E-state index is -1.98. The van der Waals surface area contributed by atoms with E-state index in [1.54, 1.807) is 12.1 Å². The first-order valence-electron chi connectivity index (χ1n) is 7.81. The highest BCUT2D eigenvalue weighted by molar-refractivity contribution is 9.10. The molecule has 24 heavy (non-hydrogen) atoms. The summed E-state index contributed by atoms with van der Waals surface area (Å²) in [6.45, 7) is 10.9. The fourth-order valence-electron chi connectivity index (χ4n) is 1.62. The van der Waals surface area contributed by atoms with Crippen LogP contribution in [-0.4, -0.2) is 38.8 Å². The second-order valence-electron chi connectivity index (χ2n) is 7.18. The Morgan fingerprint density at radius 1 is 1.25 bits per heavy atom. The van der Waals surface area contributed by atoms with Gasteiger partial charge in [0.25, 0.3) is 0 Å². The summed E-state index contributed by atoms with van der Waals surface area (Å²) in [6, 6.07) is 6.62. The number of halogens is 1. The molecular formula is C16H26BrN3O3Si. The van der Waals surface area contributed by atoms with Crippen LogP contribution < -0.4 is 4.74 Å². The third-order valence-electron chi connectivity index (χ3n) is 4.30. The molecule has 0 saturated heterocycles. The fourth-order valence-corrected chi connectivity index (χ4v) is 2.91. The van der Waals surface area contributed by atoms with Crippen LogP contribution in [0.2, 0.25) is 18.1 Å². The van der Waals surface area contributed by atoms with Gasteiger partial charge in [-0.3, -0.25) is 0 Å². The maximum absolute atomic E-state index is 10.3. The van der Waals surface area contributed by atoms with Crippen LogP contribution in [0.3, 0.4) is 0 Å². The fraction of sp³-hybridized carbons (Fsp3) is 0.625. The molecule has 2 atom stereocenters. The lowest BCUT2D eigenvalue weighted by Gasteiger charge is -2.37. The zero-order valence-electron chi connectivity index (χ0n) is 14.9. The van der Waals surface area contributed by atoms with Crippen LogP contribution in [0.25, 0.3) is 10.4 Å². The highest BCUT2D eigenvalue weighted by Crippen LogP contribution is 2.36. The molecule has 0 unspecified atom stereocenters. The average Bonchev–Trinajstić information content (AvgIpc) is 2.49. The Balaban J connectivity index is 2.63. The Morgan fingerprint density at radius 3 is 2.33 bits per heavy atom. The van der Waals surface area contributed by atoms with E-state index in [1.807, 2.05) is 12.1 Å². The molecule has 1 aromatic rings. The molecule has 0 aliphatic heterocycles. The number of hydrogen-bond acceptors (Lipinski definition) is 4. The summed E-state index contributed by atoms with van der Waals surface area (Å²) in [5, 5.41) is 14.0. The van der Waals surface area contributed by atoms with E-state index in [0.29, 0.717) is 5.75 Å². The first-order valence-corrected chi connectivity index (χ1v) is 11.5. The van der Waals surface area contributed by atoms with Gasteiger partial charge in [0, 0.05) is 16.0 Å². The Kier molecular flexibility index (Phi) is 7.76. The zero-order valence-corrected chi connectivity index (χ0v) is 17.4. The van der Waals surface area contributed by atoms with Crippen LogP contribution in [0.1, 0.15) is 20.8 Å². The first-order chi connectivity index (χ1) is 11.1. The van der Waals surface area contributed by atoms with Crippen molar-refractivity contribution in [3.63, 3.8) is 0 Å². The molecule has 0 spiro atoms. The lowest BCUT2D eigenvalue weighted by Crippen LogP contribution is -2.44. The van der Waals surface area contributed by atoms with E-state index in [9.17, 15) is 5.11 Å². The van der Waals surface area contributed by atoms with Crippen LogP contribution in [0.4, 0.5) is 0 Å². The summed E-state index contributed by atoms with van der Waals surface area (Å²) in [5.41, 5.74) is 8.75. The van der Waals surface area contributed by atoms with Gasteiger partial charge >= 0.3 is 0 Å². The van der Waals surface area contributed by atoms with Gasteiger partial charge < -0.3 is 14.3 Å². The number of nitrogens with zero attached hydrogens (tertiary/aromatic N) is 3. The normalized spacial score (nSPS) is 14.6. The summed E-state index contributed by atoms with van der Waals surface area (Å²) in [7, 11) is -1.98. The number of rotatable bonds is 8. The molecule has 134 valence electrons. The summed E-state index contributed by atoms with van der Waals surface area (Å²) in [5.74, 6) is 0.641. The van der Waals surface area contributed by atoms with Gasteiger partial charge in [0.2, 0.25) is 0 Å². The van der Waals surface area contributed by atoms with Crippen molar-refractivity contribution in [3.8, 4) is 5.75 Å². The number of aliphatic hydroxyl groups excluding tert-OH is 1. The van der Waals surface area contributed by atoms with Gasteiger partial charge in [-0.25, -0.2) is 0 Å². The minimum absolute atomic E-state index is 0.0339. The molecule has 0 heterocycles. The monoisotopic (exact) mass is 415 g/mol. The SMILES string of the molecule is CC(C)(C)[Si](C)(C)OC[C@H](N=[N+]=[N-])[C@H](O)COc1ccc(Br)cc1. The highest BCUT2D eigenvalue weighted by atomic mass is 79.9. The van der Waals surface area contributed by atoms with Crippen LogP contribution in [0.5, 0.6) is 5.75 Å². The Labute approximate surface area is 153 Å². The molecule has 0 aromatic heterocycles. The maximum Gasteiger partial charge on any atom is 0.191 e. The predicted octanol–water partition coefficient (Wildman–Crippen LogP) is 4.89. The summed E-state index contributed by atoms with van der Waals surface area (Å²) < 4.78 is 12.5. The van der Waals surface area contributed by atoms with Crippen LogP contribution in [-0.2, 0) is 4.43 Å². The molecule has 0 radical (unpaired) electrons. The van der Waals surface area contributed by atoms with Crippen molar-refractivity contribution in [2.75, 3.05) is 13.2 Å². The van der Waals surface area contributed by atoms with Crippen LogP contribution in [0.15, 0.2) is 33.9 Å². The Hall–Kier alpha value is -1.05. The van der Waals surface area contributed by atoms with E-state index in [-0.39, 0.29) is 18.3 Å². The van der Waals surface area contributed by atoms with Crippen molar-refractivity contribution in [1.82, 2.24) is 0 Å². The lowest BCUT2D eigenvalue weighted by atomic mass is 10.2. The smallest absolute Gasteiger partial charge is 0.191 e. The molecule has 0 fully saturated rings. The van der Waals surface area contributed by atoms with Crippen molar-refractivity contribution >= 4 is 24.2 Å². The number of benzene rings is 1. The van der Waals surface area contributed by atoms with Gasteiger partial charge in [-0.1, -0.05) is 41.8 Å². The van der Waals surface area contributed by atoms with E-state index in [1.165, 1.54) is 0 Å². The summed E-state index contributed by atoms with van der Waals surface area (Å²) in [4.78, 5) is 2.83. The van der Waals surface area contributed by atoms with E-state index in [4.69, 9.17) is 14.7 Å².